The van der Waals surface area contributed by atoms with Crippen molar-refractivity contribution in [3.05, 3.63) is 94.6 Å². The normalized spacial score (nSPS) is 11.7. The highest BCUT2D eigenvalue weighted by atomic mass is 32.2. The van der Waals surface area contributed by atoms with Crippen LogP contribution in [0.4, 0.5) is 17.6 Å². The maximum absolute atomic E-state index is 13.4. The van der Waals surface area contributed by atoms with Crippen LogP contribution in [0.5, 0.6) is 0 Å². The van der Waals surface area contributed by atoms with E-state index in [4.69, 9.17) is 0 Å². The highest BCUT2D eigenvalue weighted by Crippen LogP contribution is 2.33. The molecule has 0 bridgehead atoms. The predicted octanol–water partition coefficient (Wildman–Crippen LogP) is 6.29. The average molecular weight is 516 g/mol. The van der Waals surface area contributed by atoms with Crippen LogP contribution in [0.3, 0.4) is 0 Å². The van der Waals surface area contributed by atoms with Crippen molar-refractivity contribution in [3.8, 4) is 0 Å². The first-order valence-corrected chi connectivity index (χ1v) is 12.3. The van der Waals surface area contributed by atoms with E-state index in [1.165, 1.54) is 43.0 Å². The number of nitrogens with one attached hydrogen (secondary N) is 1. The van der Waals surface area contributed by atoms with E-state index in [1.54, 1.807) is 18.3 Å². The molecule has 2 aromatic heterocycles. The molecule has 0 radical (unpaired) electrons. The molecule has 0 aliphatic rings. The minimum absolute atomic E-state index is 0.110. The van der Waals surface area contributed by atoms with E-state index in [9.17, 15) is 22.4 Å². The molecule has 0 unspecified atom stereocenters. The Bertz CT molecular complexity index is 1360. The number of alkyl halides is 3. The van der Waals surface area contributed by atoms with Gasteiger partial charge in [-0.25, -0.2) is 9.37 Å². The molecule has 2 heterocycles. The molecule has 0 aliphatic carbocycles. The van der Waals surface area contributed by atoms with Gasteiger partial charge in [0, 0.05) is 54.9 Å². The Morgan fingerprint density at radius 3 is 2.36 bits per heavy atom. The first-order valence-electron chi connectivity index (χ1n) is 11.4. The molecular formula is C27H25F4N3OS. The lowest BCUT2D eigenvalue weighted by Crippen LogP contribution is -2.22. The first kappa shape index (κ1) is 25.8. The van der Waals surface area contributed by atoms with Crippen LogP contribution in [-0.2, 0) is 36.6 Å². The predicted molar refractivity (Wildman–Crippen MR) is 133 cm³/mol. The minimum Gasteiger partial charge on any atom is -0.356 e. The third kappa shape index (κ3) is 6.07. The summed E-state index contributed by atoms with van der Waals surface area (Å²) in [4.78, 5) is 17.0. The number of aromatic nitrogens is 2. The van der Waals surface area contributed by atoms with Crippen molar-refractivity contribution < 1.29 is 22.4 Å². The van der Waals surface area contributed by atoms with E-state index >= 15 is 0 Å². The third-order valence-corrected chi connectivity index (χ3v) is 6.99. The van der Waals surface area contributed by atoms with E-state index < -0.39 is 11.7 Å². The maximum atomic E-state index is 13.4. The average Bonchev–Trinajstić information content (AvgIpc) is 3.09. The van der Waals surface area contributed by atoms with Crippen molar-refractivity contribution in [2.24, 2.45) is 7.05 Å². The summed E-state index contributed by atoms with van der Waals surface area (Å²) in [5.41, 5.74) is 3.95. The lowest BCUT2D eigenvalue weighted by atomic mass is 10.0. The molecule has 4 rings (SSSR count). The molecule has 0 aliphatic heterocycles. The monoisotopic (exact) mass is 515 g/mol. The maximum Gasteiger partial charge on any atom is 0.416 e. The summed E-state index contributed by atoms with van der Waals surface area (Å²) < 4.78 is 53.9. The number of hydrogen-bond acceptors (Lipinski definition) is 3. The Morgan fingerprint density at radius 1 is 1.06 bits per heavy atom. The second-order valence-electron chi connectivity index (χ2n) is 8.55. The SMILES string of the molecule is CC(=O)NCCc1c(Cc2ccc(F)cc2)n(C)c2ncc(SCc3ccc(C(F)(F)F)cc3)cc12. The molecular weight excluding hydrogens is 490 g/mol. The summed E-state index contributed by atoms with van der Waals surface area (Å²) in [7, 11) is 1.94. The Labute approximate surface area is 210 Å². The van der Waals surface area contributed by atoms with E-state index in [0.717, 1.165) is 50.4 Å². The van der Waals surface area contributed by atoms with Gasteiger partial charge in [0.1, 0.15) is 11.5 Å². The van der Waals surface area contributed by atoms with E-state index in [0.29, 0.717) is 25.1 Å². The van der Waals surface area contributed by atoms with Crippen LogP contribution in [0.2, 0.25) is 0 Å². The Balaban J connectivity index is 1.61. The zero-order chi connectivity index (χ0) is 25.9. The minimum atomic E-state index is -4.35. The number of aryl methyl sites for hydroxylation is 1. The fraction of sp³-hybridized carbons (Fsp3) is 0.259. The number of benzene rings is 2. The standard InChI is InChI=1S/C27H25F4N3OS/c1-17(35)32-12-11-23-24-14-22(36-16-19-3-7-20(8-4-19)27(29,30)31)15-33-26(24)34(2)25(23)13-18-5-9-21(28)10-6-18/h3-10,14-15H,11-13,16H2,1-2H3,(H,32,35). The Morgan fingerprint density at radius 2 is 1.72 bits per heavy atom. The van der Waals surface area contributed by atoms with Crippen LogP contribution in [-0.4, -0.2) is 22.0 Å². The number of carbonyl (C=O) groups is 1. The Hall–Kier alpha value is -3.33. The van der Waals surface area contributed by atoms with Gasteiger partial charge in [-0.15, -0.1) is 11.8 Å². The van der Waals surface area contributed by atoms with Crippen LogP contribution in [0.15, 0.2) is 65.7 Å². The number of hydrogen-bond donors (Lipinski definition) is 1. The van der Waals surface area contributed by atoms with E-state index in [2.05, 4.69) is 10.3 Å². The molecule has 0 saturated heterocycles. The molecule has 0 spiro atoms. The fourth-order valence-corrected chi connectivity index (χ4v) is 4.97. The van der Waals surface area contributed by atoms with Crippen LogP contribution in [0.25, 0.3) is 11.0 Å². The third-order valence-electron chi connectivity index (χ3n) is 5.96. The van der Waals surface area contributed by atoms with Gasteiger partial charge in [-0.2, -0.15) is 13.2 Å². The topological polar surface area (TPSA) is 46.9 Å². The van der Waals surface area contributed by atoms with Crippen LogP contribution in [0, 0.1) is 5.82 Å². The smallest absolute Gasteiger partial charge is 0.356 e. The number of nitrogens with zero attached hydrogens (tertiary/aromatic N) is 2. The lowest BCUT2D eigenvalue weighted by molar-refractivity contribution is -0.137. The van der Waals surface area contributed by atoms with Gasteiger partial charge in [0.25, 0.3) is 0 Å². The fourth-order valence-electron chi connectivity index (χ4n) is 4.11. The largest absolute Gasteiger partial charge is 0.416 e. The molecule has 1 amide bonds. The van der Waals surface area contributed by atoms with Gasteiger partial charge >= 0.3 is 6.18 Å². The summed E-state index contributed by atoms with van der Waals surface area (Å²) in [6, 6.07) is 13.6. The van der Waals surface area contributed by atoms with E-state index in [-0.39, 0.29) is 11.7 Å². The molecule has 188 valence electrons. The summed E-state index contributed by atoms with van der Waals surface area (Å²) >= 11 is 1.50. The van der Waals surface area contributed by atoms with Crippen molar-refractivity contribution in [3.63, 3.8) is 0 Å². The molecule has 1 N–H and O–H groups in total. The number of fused-ring (bicyclic) bond motifs is 1. The molecule has 0 saturated carbocycles. The van der Waals surface area contributed by atoms with Crippen molar-refractivity contribution in [1.82, 2.24) is 14.9 Å². The molecule has 4 nitrogen and oxygen atoms in total. The molecule has 36 heavy (non-hydrogen) atoms. The molecule has 9 heteroatoms. The Kier molecular flexibility index (Phi) is 7.68. The number of carbonyl (C=O) groups excluding carboxylic acids is 1. The van der Waals surface area contributed by atoms with Gasteiger partial charge in [0.2, 0.25) is 5.91 Å². The molecule has 4 aromatic rings. The van der Waals surface area contributed by atoms with Crippen LogP contribution >= 0.6 is 11.8 Å². The van der Waals surface area contributed by atoms with E-state index in [1.807, 2.05) is 17.7 Å². The van der Waals surface area contributed by atoms with Gasteiger partial charge in [0.15, 0.2) is 0 Å². The number of halogens is 4. The van der Waals surface area contributed by atoms with Crippen molar-refractivity contribution in [1.29, 1.82) is 0 Å². The second-order valence-corrected chi connectivity index (χ2v) is 9.59. The van der Waals surface area contributed by atoms with Crippen LogP contribution in [0.1, 0.15) is 34.9 Å². The number of pyridine rings is 1. The van der Waals surface area contributed by atoms with Gasteiger partial charge in [-0.3, -0.25) is 4.79 Å². The lowest BCUT2D eigenvalue weighted by Gasteiger charge is -2.09. The number of thioether (sulfide) groups is 1. The zero-order valence-electron chi connectivity index (χ0n) is 19.8. The van der Waals surface area contributed by atoms with Crippen molar-refractivity contribution in [2.45, 2.75) is 36.6 Å². The van der Waals surface area contributed by atoms with Crippen LogP contribution < -0.4 is 5.32 Å². The van der Waals surface area contributed by atoms with Gasteiger partial charge in [-0.05, 0) is 53.4 Å². The first-order chi connectivity index (χ1) is 17.1. The van der Waals surface area contributed by atoms with Crippen molar-refractivity contribution >= 4 is 28.7 Å². The van der Waals surface area contributed by atoms with Gasteiger partial charge in [0.05, 0.1) is 5.56 Å². The highest BCUT2D eigenvalue weighted by molar-refractivity contribution is 7.98. The highest BCUT2D eigenvalue weighted by Gasteiger charge is 2.29. The molecule has 0 fully saturated rings. The molecule has 0 atom stereocenters. The van der Waals surface area contributed by atoms with Gasteiger partial charge in [-0.1, -0.05) is 24.3 Å². The zero-order valence-corrected chi connectivity index (χ0v) is 20.6. The summed E-state index contributed by atoms with van der Waals surface area (Å²) in [6.07, 6.45) is -1.41. The summed E-state index contributed by atoms with van der Waals surface area (Å²) in [5, 5.41) is 3.80. The summed E-state index contributed by atoms with van der Waals surface area (Å²) in [5.74, 6) is 0.0984. The van der Waals surface area contributed by atoms with Crippen molar-refractivity contribution in [2.75, 3.05) is 6.54 Å². The quantitative estimate of drug-likeness (QED) is 0.222. The molecule has 2 aromatic carbocycles. The number of rotatable bonds is 8. The number of amides is 1. The second kappa shape index (κ2) is 10.7. The summed E-state index contributed by atoms with van der Waals surface area (Å²) in [6.45, 7) is 1.94. The van der Waals surface area contributed by atoms with Gasteiger partial charge < -0.3 is 9.88 Å².